The average Bonchev–Trinajstić information content (AvgIpc) is 3.09. The quantitative estimate of drug-likeness (QED) is 0.749. The van der Waals surface area contributed by atoms with E-state index < -0.39 is 16.0 Å². The molecule has 0 unspecified atom stereocenters. The van der Waals surface area contributed by atoms with Gasteiger partial charge in [0.25, 0.3) is 10.2 Å². The number of oxazole rings is 1. The van der Waals surface area contributed by atoms with E-state index in [2.05, 4.69) is 9.71 Å². The fourth-order valence-electron chi connectivity index (χ4n) is 1.66. The fraction of sp³-hybridized carbons (Fsp3) is 0.300. The minimum absolute atomic E-state index is 0.183. The van der Waals surface area contributed by atoms with Crippen molar-refractivity contribution in [2.24, 2.45) is 0 Å². The molecule has 0 aliphatic carbocycles. The van der Waals surface area contributed by atoms with E-state index in [0.29, 0.717) is 24.2 Å². The predicted molar refractivity (Wildman–Crippen MR) is 64.2 cm³/mol. The van der Waals surface area contributed by atoms with Crippen LogP contribution in [0.2, 0.25) is 0 Å². The Kier molecular flexibility index (Phi) is 2.51. The summed E-state index contributed by atoms with van der Waals surface area (Å²) in [5, 5.41) is 0. The number of fused-ring (bicyclic) bond motifs is 1. The Bertz CT molecular complexity index is 742. The molecule has 8 heteroatoms. The molecule has 1 aliphatic rings. The first kappa shape index (κ1) is 11.5. The van der Waals surface area contributed by atoms with Gasteiger partial charge in [-0.1, -0.05) is 6.07 Å². The van der Waals surface area contributed by atoms with Gasteiger partial charge in [-0.25, -0.2) is 4.79 Å². The van der Waals surface area contributed by atoms with Crippen LogP contribution in [0.3, 0.4) is 0 Å². The molecule has 1 aromatic carbocycles. The Morgan fingerprint density at radius 3 is 2.89 bits per heavy atom. The number of aromatic amines is 1. The molecule has 0 amide bonds. The molecule has 96 valence electrons. The maximum Gasteiger partial charge on any atom is 0.417 e. The molecule has 0 bridgehead atoms. The van der Waals surface area contributed by atoms with Gasteiger partial charge < -0.3 is 4.42 Å². The summed E-state index contributed by atoms with van der Waals surface area (Å²) in [4.78, 5) is 13.5. The topological polar surface area (TPSA) is 95.2 Å². The maximum absolute atomic E-state index is 11.6. The standard InChI is InChI=1S/C10H11N3O4S/c14-10-12-8-5-7(1-2-9(8)17-10)6-11-18(15,16)13-3-4-13/h1-2,5,11H,3-4,6H2,(H,12,14). The first-order valence-electron chi connectivity index (χ1n) is 5.41. The van der Waals surface area contributed by atoms with Gasteiger partial charge in [0.2, 0.25) is 0 Å². The molecule has 0 atom stereocenters. The Morgan fingerprint density at radius 1 is 1.39 bits per heavy atom. The van der Waals surface area contributed by atoms with E-state index in [0.717, 1.165) is 5.56 Å². The van der Waals surface area contributed by atoms with Gasteiger partial charge in [-0.15, -0.1) is 0 Å². The lowest BCUT2D eigenvalue weighted by atomic mass is 10.2. The highest BCUT2D eigenvalue weighted by Crippen LogP contribution is 2.14. The van der Waals surface area contributed by atoms with Gasteiger partial charge in [-0.3, -0.25) is 4.98 Å². The zero-order valence-electron chi connectivity index (χ0n) is 9.34. The zero-order valence-corrected chi connectivity index (χ0v) is 10.2. The third-order valence-electron chi connectivity index (χ3n) is 2.69. The van der Waals surface area contributed by atoms with Crippen molar-refractivity contribution in [1.82, 2.24) is 14.0 Å². The van der Waals surface area contributed by atoms with Crippen LogP contribution < -0.4 is 10.5 Å². The van der Waals surface area contributed by atoms with E-state index in [1.165, 1.54) is 4.31 Å². The van der Waals surface area contributed by atoms with Crippen LogP contribution >= 0.6 is 0 Å². The van der Waals surface area contributed by atoms with Gasteiger partial charge in [0, 0.05) is 19.6 Å². The predicted octanol–water partition coefficient (Wildman–Crippen LogP) is -0.229. The van der Waals surface area contributed by atoms with Crippen LogP contribution in [0, 0.1) is 0 Å². The van der Waals surface area contributed by atoms with Gasteiger partial charge in [0.1, 0.15) is 0 Å². The number of aromatic nitrogens is 1. The van der Waals surface area contributed by atoms with Gasteiger partial charge in [-0.05, 0) is 17.7 Å². The van der Waals surface area contributed by atoms with Crippen molar-refractivity contribution in [2.45, 2.75) is 6.54 Å². The van der Waals surface area contributed by atoms with Gasteiger partial charge in [-0.2, -0.15) is 17.4 Å². The highest BCUT2D eigenvalue weighted by molar-refractivity contribution is 7.87. The normalized spacial score (nSPS) is 16.2. The minimum Gasteiger partial charge on any atom is -0.408 e. The number of benzene rings is 1. The van der Waals surface area contributed by atoms with Crippen molar-refractivity contribution < 1.29 is 12.8 Å². The first-order valence-corrected chi connectivity index (χ1v) is 6.85. The molecule has 0 spiro atoms. The Morgan fingerprint density at radius 2 is 2.17 bits per heavy atom. The number of nitrogens with zero attached hydrogens (tertiary/aromatic N) is 1. The lowest BCUT2D eigenvalue weighted by Crippen LogP contribution is -2.29. The zero-order chi connectivity index (χ0) is 12.8. The number of hydrogen-bond donors (Lipinski definition) is 2. The Balaban J connectivity index is 1.80. The molecular formula is C10H11N3O4S. The van der Waals surface area contributed by atoms with E-state index in [-0.39, 0.29) is 6.54 Å². The SMILES string of the molecule is O=c1[nH]c2cc(CNS(=O)(=O)N3CC3)ccc2o1. The number of hydrogen-bond acceptors (Lipinski definition) is 4. The molecule has 18 heavy (non-hydrogen) atoms. The minimum atomic E-state index is -3.35. The van der Waals surface area contributed by atoms with Crippen molar-refractivity contribution in [3.8, 4) is 0 Å². The number of H-pyrrole nitrogens is 1. The summed E-state index contributed by atoms with van der Waals surface area (Å²) in [7, 11) is -3.35. The third-order valence-corrected chi connectivity index (χ3v) is 4.24. The average molecular weight is 269 g/mol. The van der Waals surface area contributed by atoms with E-state index in [1.54, 1.807) is 18.2 Å². The van der Waals surface area contributed by atoms with E-state index >= 15 is 0 Å². The molecular weight excluding hydrogens is 258 g/mol. The summed E-state index contributed by atoms with van der Waals surface area (Å²) < 4.78 is 31.8. The van der Waals surface area contributed by atoms with Gasteiger partial charge in [0.05, 0.1) is 5.52 Å². The van der Waals surface area contributed by atoms with Crippen LogP contribution in [-0.2, 0) is 16.8 Å². The third kappa shape index (κ3) is 2.17. The molecule has 1 saturated heterocycles. The summed E-state index contributed by atoms with van der Waals surface area (Å²) in [6, 6.07) is 5.03. The molecule has 1 fully saturated rings. The maximum atomic E-state index is 11.6. The molecule has 2 N–H and O–H groups in total. The highest BCUT2D eigenvalue weighted by Gasteiger charge is 2.31. The largest absolute Gasteiger partial charge is 0.417 e. The lowest BCUT2D eigenvalue weighted by Gasteiger charge is -2.06. The van der Waals surface area contributed by atoms with Crippen molar-refractivity contribution in [3.63, 3.8) is 0 Å². The molecule has 2 aromatic rings. The molecule has 7 nitrogen and oxygen atoms in total. The Hall–Kier alpha value is -1.64. The van der Waals surface area contributed by atoms with Crippen LogP contribution in [0.5, 0.6) is 0 Å². The van der Waals surface area contributed by atoms with Crippen molar-refractivity contribution >= 4 is 21.3 Å². The van der Waals surface area contributed by atoms with E-state index in [9.17, 15) is 13.2 Å². The second kappa shape index (κ2) is 3.94. The van der Waals surface area contributed by atoms with Crippen LogP contribution in [-0.4, -0.2) is 30.8 Å². The van der Waals surface area contributed by atoms with Crippen LogP contribution in [0.25, 0.3) is 11.1 Å². The lowest BCUT2D eigenvalue weighted by molar-refractivity contribution is 0.547. The van der Waals surface area contributed by atoms with Crippen molar-refractivity contribution in [1.29, 1.82) is 0 Å². The molecule has 2 heterocycles. The summed E-state index contributed by atoms with van der Waals surface area (Å²) in [5.74, 6) is -0.521. The first-order chi connectivity index (χ1) is 8.54. The monoisotopic (exact) mass is 269 g/mol. The second-order valence-corrected chi connectivity index (χ2v) is 5.83. The smallest absolute Gasteiger partial charge is 0.408 e. The summed E-state index contributed by atoms with van der Waals surface area (Å²) in [6.07, 6.45) is 0. The van der Waals surface area contributed by atoms with Crippen LogP contribution in [0.15, 0.2) is 27.4 Å². The summed E-state index contributed by atoms with van der Waals surface area (Å²) >= 11 is 0. The molecule has 1 aromatic heterocycles. The molecule has 0 radical (unpaired) electrons. The van der Waals surface area contributed by atoms with E-state index in [1.807, 2.05) is 0 Å². The Labute approximate surface area is 103 Å². The molecule has 0 saturated carbocycles. The second-order valence-electron chi connectivity index (χ2n) is 4.07. The van der Waals surface area contributed by atoms with Gasteiger partial charge in [0.15, 0.2) is 5.58 Å². The molecule has 1 aliphatic heterocycles. The number of rotatable bonds is 4. The van der Waals surface area contributed by atoms with Gasteiger partial charge >= 0.3 is 5.76 Å². The van der Waals surface area contributed by atoms with Crippen molar-refractivity contribution in [2.75, 3.05) is 13.1 Å². The summed E-state index contributed by atoms with van der Waals surface area (Å²) in [6.45, 7) is 1.33. The highest BCUT2D eigenvalue weighted by atomic mass is 32.2. The van der Waals surface area contributed by atoms with E-state index in [4.69, 9.17) is 4.42 Å². The van der Waals surface area contributed by atoms with Crippen molar-refractivity contribution in [3.05, 3.63) is 34.3 Å². The fourth-order valence-corrected chi connectivity index (χ4v) is 2.75. The van der Waals surface area contributed by atoms with Crippen LogP contribution in [0.1, 0.15) is 5.56 Å². The molecule has 3 rings (SSSR count). The summed E-state index contributed by atoms with van der Waals surface area (Å²) in [5.41, 5.74) is 1.77. The number of nitrogens with one attached hydrogen (secondary N) is 2. The van der Waals surface area contributed by atoms with Crippen LogP contribution in [0.4, 0.5) is 0 Å².